The summed E-state index contributed by atoms with van der Waals surface area (Å²) in [6.07, 6.45) is 5.16. The molecule has 1 amide bonds. The molecule has 128 valence electrons. The maximum Gasteiger partial charge on any atom is 0.227 e. The summed E-state index contributed by atoms with van der Waals surface area (Å²) in [6.45, 7) is 0. The van der Waals surface area contributed by atoms with E-state index in [-0.39, 0.29) is 5.91 Å². The van der Waals surface area contributed by atoms with Gasteiger partial charge in [-0.05, 0) is 36.2 Å². The topological polar surface area (TPSA) is 50.5 Å². The first-order chi connectivity index (χ1) is 12.7. The average molecular weight is 360 g/mol. The van der Waals surface area contributed by atoms with Crippen LogP contribution in [0, 0.1) is 0 Å². The zero-order valence-electron chi connectivity index (χ0n) is 14.2. The molecule has 1 aliphatic heterocycles. The monoisotopic (exact) mass is 360 g/mol. The second kappa shape index (κ2) is 5.78. The summed E-state index contributed by atoms with van der Waals surface area (Å²) < 4.78 is 1.86. The van der Waals surface area contributed by atoms with Crippen LogP contribution in [0.3, 0.4) is 0 Å². The Morgan fingerprint density at radius 2 is 2.08 bits per heavy atom. The third-order valence-corrected chi connectivity index (χ3v) is 5.76. The van der Waals surface area contributed by atoms with Gasteiger partial charge in [-0.1, -0.05) is 12.1 Å². The first-order valence-electron chi connectivity index (χ1n) is 8.49. The Kier molecular flexibility index (Phi) is 3.39. The predicted octanol–water partition coefficient (Wildman–Crippen LogP) is 4.03. The van der Waals surface area contributed by atoms with Crippen molar-refractivity contribution >= 4 is 28.4 Å². The fourth-order valence-corrected chi connectivity index (χ4v) is 4.29. The van der Waals surface area contributed by atoms with E-state index in [9.17, 15) is 4.79 Å². The van der Waals surface area contributed by atoms with E-state index in [1.807, 2.05) is 48.2 Å². The molecule has 0 radical (unpaired) electrons. The Hall–Kier alpha value is -2.99. The minimum atomic E-state index is 0.175. The molecule has 0 unspecified atom stereocenters. The van der Waals surface area contributed by atoms with Gasteiger partial charge >= 0.3 is 0 Å². The summed E-state index contributed by atoms with van der Waals surface area (Å²) in [5, 5.41) is 7.44. The smallest absolute Gasteiger partial charge is 0.227 e. The number of thiazole rings is 1. The number of aryl methyl sites for hydroxylation is 1. The number of rotatable bonds is 2. The van der Waals surface area contributed by atoms with Crippen LogP contribution in [0.2, 0.25) is 0 Å². The van der Waals surface area contributed by atoms with Crippen LogP contribution in [0.15, 0.2) is 54.2 Å². The van der Waals surface area contributed by atoms with Crippen molar-refractivity contribution in [3.05, 3.63) is 59.7 Å². The van der Waals surface area contributed by atoms with Gasteiger partial charge in [-0.25, -0.2) is 9.50 Å². The average Bonchev–Trinajstić information content (AvgIpc) is 3.31. The number of aromatic nitrogens is 3. The Balaban J connectivity index is 1.54. The van der Waals surface area contributed by atoms with E-state index >= 15 is 0 Å². The largest absolute Gasteiger partial charge is 0.315 e. The van der Waals surface area contributed by atoms with Crippen LogP contribution in [-0.4, -0.2) is 27.6 Å². The summed E-state index contributed by atoms with van der Waals surface area (Å²) in [6, 6.07) is 12.3. The molecule has 5 rings (SSSR count). The molecular formula is C20H16N4OS. The van der Waals surface area contributed by atoms with Gasteiger partial charge in [0.25, 0.3) is 0 Å². The van der Waals surface area contributed by atoms with E-state index in [0.717, 1.165) is 39.5 Å². The molecule has 6 heteroatoms. The number of anilines is 1. The van der Waals surface area contributed by atoms with Crippen molar-refractivity contribution in [3.8, 4) is 21.8 Å². The van der Waals surface area contributed by atoms with Gasteiger partial charge in [0, 0.05) is 36.3 Å². The number of hydrogen-bond donors (Lipinski definition) is 0. The lowest BCUT2D eigenvalue weighted by Crippen LogP contribution is -2.30. The molecule has 1 aliphatic rings. The fraction of sp³-hybridized carbons (Fsp3) is 0.150. The van der Waals surface area contributed by atoms with Gasteiger partial charge in [0.2, 0.25) is 5.91 Å². The molecule has 0 aliphatic carbocycles. The van der Waals surface area contributed by atoms with E-state index in [1.54, 1.807) is 16.2 Å². The van der Waals surface area contributed by atoms with Gasteiger partial charge in [-0.2, -0.15) is 5.10 Å². The Bertz CT molecular complexity index is 1140. The number of nitrogens with zero attached hydrogens (tertiary/aromatic N) is 4. The quantitative estimate of drug-likeness (QED) is 0.542. The van der Waals surface area contributed by atoms with Crippen molar-refractivity contribution in [2.24, 2.45) is 0 Å². The minimum Gasteiger partial charge on any atom is -0.315 e. The van der Waals surface area contributed by atoms with Gasteiger partial charge in [-0.15, -0.1) is 11.3 Å². The number of carbonyl (C=O) groups excluding carboxylic acids is 1. The molecule has 4 heterocycles. The second-order valence-corrected chi connectivity index (χ2v) is 7.28. The molecule has 0 saturated carbocycles. The molecule has 4 aromatic rings. The molecule has 3 aromatic heterocycles. The fourth-order valence-electron chi connectivity index (χ4n) is 3.45. The zero-order chi connectivity index (χ0) is 17.7. The van der Waals surface area contributed by atoms with E-state index in [2.05, 4.69) is 22.6 Å². The summed E-state index contributed by atoms with van der Waals surface area (Å²) in [5.41, 5.74) is 6.36. The minimum absolute atomic E-state index is 0.175. The number of pyridine rings is 1. The number of carbonyl (C=O) groups is 1. The lowest BCUT2D eigenvalue weighted by Gasteiger charge is -2.26. The van der Waals surface area contributed by atoms with Crippen molar-refractivity contribution in [2.45, 2.75) is 12.8 Å². The van der Waals surface area contributed by atoms with Gasteiger partial charge < -0.3 is 4.90 Å². The van der Waals surface area contributed by atoms with Crippen LogP contribution in [0.25, 0.3) is 27.3 Å². The van der Waals surface area contributed by atoms with Crippen molar-refractivity contribution < 1.29 is 4.79 Å². The first-order valence-corrected chi connectivity index (χ1v) is 9.37. The van der Waals surface area contributed by atoms with Crippen LogP contribution >= 0.6 is 11.3 Å². The maximum absolute atomic E-state index is 11.9. The molecule has 0 atom stereocenters. The molecule has 0 N–H and O–H groups in total. The molecular weight excluding hydrogens is 344 g/mol. The van der Waals surface area contributed by atoms with Gasteiger partial charge in [-0.3, -0.25) is 4.79 Å². The van der Waals surface area contributed by atoms with E-state index in [0.29, 0.717) is 6.42 Å². The molecule has 26 heavy (non-hydrogen) atoms. The van der Waals surface area contributed by atoms with Crippen LogP contribution in [0.1, 0.15) is 12.0 Å². The maximum atomic E-state index is 11.9. The van der Waals surface area contributed by atoms with E-state index in [4.69, 9.17) is 4.98 Å². The van der Waals surface area contributed by atoms with Crippen molar-refractivity contribution in [2.75, 3.05) is 11.9 Å². The van der Waals surface area contributed by atoms with Crippen molar-refractivity contribution in [1.82, 2.24) is 14.6 Å². The van der Waals surface area contributed by atoms with Crippen LogP contribution in [0.4, 0.5) is 5.69 Å². The van der Waals surface area contributed by atoms with Gasteiger partial charge in [0.1, 0.15) is 5.01 Å². The highest BCUT2D eigenvalue weighted by Crippen LogP contribution is 2.34. The third kappa shape index (κ3) is 2.34. The highest BCUT2D eigenvalue weighted by Gasteiger charge is 2.21. The number of amides is 1. The summed E-state index contributed by atoms with van der Waals surface area (Å²) in [5.74, 6) is 0.175. The highest BCUT2D eigenvalue weighted by atomic mass is 32.1. The molecule has 1 aromatic carbocycles. The van der Waals surface area contributed by atoms with E-state index < -0.39 is 0 Å². The zero-order valence-corrected chi connectivity index (χ0v) is 15.0. The number of benzene rings is 1. The predicted molar refractivity (Wildman–Crippen MR) is 103 cm³/mol. The molecule has 0 bridgehead atoms. The van der Waals surface area contributed by atoms with Gasteiger partial charge in [0.05, 0.1) is 23.0 Å². The number of fused-ring (bicyclic) bond motifs is 2. The lowest BCUT2D eigenvalue weighted by atomic mass is 9.98. The third-order valence-electron chi connectivity index (χ3n) is 4.88. The summed E-state index contributed by atoms with van der Waals surface area (Å²) >= 11 is 1.63. The van der Waals surface area contributed by atoms with Crippen molar-refractivity contribution in [1.29, 1.82) is 0 Å². The molecule has 0 spiro atoms. The number of hydrogen-bond acceptors (Lipinski definition) is 4. The summed E-state index contributed by atoms with van der Waals surface area (Å²) in [4.78, 5) is 18.4. The Morgan fingerprint density at radius 1 is 1.15 bits per heavy atom. The lowest BCUT2D eigenvalue weighted by molar-refractivity contribution is -0.118. The normalized spacial score (nSPS) is 14.0. The van der Waals surface area contributed by atoms with Gasteiger partial charge in [0.15, 0.2) is 0 Å². The van der Waals surface area contributed by atoms with Crippen LogP contribution < -0.4 is 4.90 Å². The van der Waals surface area contributed by atoms with Crippen LogP contribution in [0.5, 0.6) is 0 Å². The van der Waals surface area contributed by atoms with Crippen molar-refractivity contribution in [3.63, 3.8) is 0 Å². The highest BCUT2D eigenvalue weighted by molar-refractivity contribution is 7.13. The SMILES string of the molecule is CN1C(=O)CCc2cc(-c3csc(-c4cnn5ccccc45)n3)ccc21. The first kappa shape index (κ1) is 15.3. The molecule has 0 saturated heterocycles. The Morgan fingerprint density at radius 3 is 3.00 bits per heavy atom. The molecule has 0 fully saturated rings. The molecule has 5 nitrogen and oxygen atoms in total. The Labute approximate surface area is 154 Å². The standard InChI is InChI=1S/C20H16N4OS/c1-23-17-7-5-13(10-14(17)6-8-19(23)25)16-12-26-20(22-16)15-11-21-24-9-3-2-4-18(15)24/h2-5,7,9-12H,6,8H2,1H3. The van der Waals surface area contributed by atoms with Crippen LogP contribution in [-0.2, 0) is 11.2 Å². The van der Waals surface area contributed by atoms with E-state index in [1.165, 1.54) is 5.56 Å². The second-order valence-electron chi connectivity index (χ2n) is 6.42. The summed E-state index contributed by atoms with van der Waals surface area (Å²) in [7, 11) is 1.84.